The molecule has 3 heteroatoms. The van der Waals surface area contributed by atoms with Gasteiger partial charge in [0.15, 0.2) is 0 Å². The summed E-state index contributed by atoms with van der Waals surface area (Å²) in [6.07, 6.45) is 4.52. The number of ether oxygens (including phenoxy) is 1. The molecule has 0 amide bonds. The van der Waals surface area contributed by atoms with Gasteiger partial charge in [-0.05, 0) is 31.9 Å². The van der Waals surface area contributed by atoms with Crippen molar-refractivity contribution in [3.63, 3.8) is 0 Å². The minimum absolute atomic E-state index is 0.220. The van der Waals surface area contributed by atoms with E-state index in [2.05, 4.69) is 4.98 Å². The number of pyridine rings is 1. The second-order valence-corrected chi connectivity index (χ2v) is 3.92. The Morgan fingerprint density at radius 3 is 2.86 bits per heavy atom. The summed E-state index contributed by atoms with van der Waals surface area (Å²) >= 11 is 0. The zero-order chi connectivity index (χ0) is 10.4. The lowest BCUT2D eigenvalue weighted by Crippen LogP contribution is -2.34. The van der Waals surface area contributed by atoms with E-state index in [0.717, 1.165) is 6.42 Å². The van der Waals surface area contributed by atoms with Crippen LogP contribution in [0.25, 0.3) is 0 Å². The van der Waals surface area contributed by atoms with Gasteiger partial charge in [0.2, 0.25) is 0 Å². The zero-order valence-corrected chi connectivity index (χ0v) is 8.86. The predicted octanol–water partition coefficient (Wildman–Crippen LogP) is 1.38. The van der Waals surface area contributed by atoms with Crippen molar-refractivity contribution >= 4 is 0 Å². The van der Waals surface area contributed by atoms with Crippen molar-refractivity contribution in [2.24, 2.45) is 5.73 Å². The highest BCUT2D eigenvalue weighted by Crippen LogP contribution is 2.07. The van der Waals surface area contributed by atoms with Crippen molar-refractivity contribution in [3.05, 3.63) is 30.1 Å². The maximum absolute atomic E-state index is 5.63. The lowest BCUT2D eigenvalue weighted by Gasteiger charge is -2.23. The standard InChI is InChI=1S/C11H18N2O/c1-11(2,9-12)14-7-5-10-4-3-6-13-8-10/h3-4,6,8H,5,7,9,12H2,1-2H3. The number of rotatable bonds is 5. The molecule has 0 fully saturated rings. The number of hydrogen-bond donors (Lipinski definition) is 1. The van der Waals surface area contributed by atoms with Crippen molar-refractivity contribution in [2.45, 2.75) is 25.9 Å². The fourth-order valence-electron chi connectivity index (χ4n) is 1.05. The molecule has 78 valence electrons. The fraction of sp³-hybridized carbons (Fsp3) is 0.545. The van der Waals surface area contributed by atoms with Crippen molar-refractivity contribution in [1.29, 1.82) is 0 Å². The van der Waals surface area contributed by atoms with Crippen LogP contribution in [0.3, 0.4) is 0 Å². The van der Waals surface area contributed by atoms with Gasteiger partial charge >= 0.3 is 0 Å². The molecule has 2 N–H and O–H groups in total. The van der Waals surface area contributed by atoms with Crippen molar-refractivity contribution in [2.75, 3.05) is 13.2 Å². The molecule has 14 heavy (non-hydrogen) atoms. The third kappa shape index (κ3) is 3.85. The first kappa shape index (κ1) is 11.1. The van der Waals surface area contributed by atoms with Gasteiger partial charge in [-0.15, -0.1) is 0 Å². The predicted molar refractivity (Wildman–Crippen MR) is 57.0 cm³/mol. The molecular formula is C11H18N2O. The highest BCUT2D eigenvalue weighted by molar-refractivity contribution is 5.08. The van der Waals surface area contributed by atoms with Crippen LogP contribution in [0.15, 0.2) is 24.5 Å². The van der Waals surface area contributed by atoms with Gasteiger partial charge in [0.25, 0.3) is 0 Å². The van der Waals surface area contributed by atoms with Crippen LogP contribution in [0.4, 0.5) is 0 Å². The van der Waals surface area contributed by atoms with E-state index in [0.29, 0.717) is 13.2 Å². The highest BCUT2D eigenvalue weighted by atomic mass is 16.5. The molecule has 0 atom stereocenters. The number of nitrogens with zero attached hydrogens (tertiary/aromatic N) is 1. The monoisotopic (exact) mass is 194 g/mol. The Bertz CT molecular complexity index is 259. The Hall–Kier alpha value is -0.930. The van der Waals surface area contributed by atoms with Gasteiger partial charge in [0.05, 0.1) is 12.2 Å². The van der Waals surface area contributed by atoms with Crippen LogP contribution in [0, 0.1) is 0 Å². The lowest BCUT2D eigenvalue weighted by molar-refractivity contribution is -0.00856. The molecule has 1 heterocycles. The Morgan fingerprint density at radius 2 is 2.29 bits per heavy atom. The second-order valence-electron chi connectivity index (χ2n) is 3.92. The minimum Gasteiger partial charge on any atom is -0.374 e. The van der Waals surface area contributed by atoms with Gasteiger partial charge in [-0.25, -0.2) is 0 Å². The molecule has 0 aromatic carbocycles. The van der Waals surface area contributed by atoms with Crippen LogP contribution in [0.5, 0.6) is 0 Å². The summed E-state index contributed by atoms with van der Waals surface area (Å²) in [6, 6.07) is 3.98. The van der Waals surface area contributed by atoms with E-state index in [9.17, 15) is 0 Å². The minimum atomic E-state index is -0.220. The van der Waals surface area contributed by atoms with Gasteiger partial charge < -0.3 is 10.5 Å². The topological polar surface area (TPSA) is 48.1 Å². The molecule has 1 rings (SSSR count). The molecule has 0 radical (unpaired) electrons. The van der Waals surface area contributed by atoms with E-state index < -0.39 is 0 Å². The van der Waals surface area contributed by atoms with Crippen molar-refractivity contribution in [1.82, 2.24) is 4.98 Å². The third-order valence-corrected chi connectivity index (χ3v) is 2.10. The van der Waals surface area contributed by atoms with E-state index in [1.807, 2.05) is 32.2 Å². The largest absolute Gasteiger partial charge is 0.374 e. The number of hydrogen-bond acceptors (Lipinski definition) is 3. The number of aromatic nitrogens is 1. The number of nitrogens with two attached hydrogens (primary N) is 1. The van der Waals surface area contributed by atoms with Gasteiger partial charge in [0, 0.05) is 18.9 Å². The summed E-state index contributed by atoms with van der Waals surface area (Å²) in [5.74, 6) is 0. The molecule has 1 aromatic rings. The van der Waals surface area contributed by atoms with Gasteiger partial charge in [0.1, 0.15) is 0 Å². The van der Waals surface area contributed by atoms with Crippen LogP contribution in [-0.2, 0) is 11.2 Å². The summed E-state index contributed by atoms with van der Waals surface area (Å²) in [5.41, 5.74) is 6.52. The molecule has 0 saturated heterocycles. The van der Waals surface area contributed by atoms with Crippen molar-refractivity contribution < 1.29 is 4.74 Å². The average Bonchev–Trinajstić information content (AvgIpc) is 2.19. The first-order chi connectivity index (χ1) is 6.64. The van der Waals surface area contributed by atoms with E-state index >= 15 is 0 Å². The first-order valence-corrected chi connectivity index (χ1v) is 4.87. The molecule has 0 bridgehead atoms. The Kier molecular flexibility index (Phi) is 4.04. The summed E-state index contributed by atoms with van der Waals surface area (Å²) in [5, 5.41) is 0. The summed E-state index contributed by atoms with van der Waals surface area (Å²) < 4.78 is 5.63. The molecule has 0 unspecified atom stereocenters. The van der Waals surface area contributed by atoms with E-state index in [4.69, 9.17) is 10.5 Å². The zero-order valence-electron chi connectivity index (χ0n) is 8.86. The van der Waals surface area contributed by atoms with Crippen LogP contribution in [0.1, 0.15) is 19.4 Å². The highest BCUT2D eigenvalue weighted by Gasteiger charge is 2.14. The Balaban J connectivity index is 2.29. The smallest absolute Gasteiger partial charge is 0.0748 e. The summed E-state index contributed by atoms with van der Waals surface area (Å²) in [4.78, 5) is 4.04. The van der Waals surface area contributed by atoms with Crippen LogP contribution >= 0.6 is 0 Å². The summed E-state index contributed by atoms with van der Waals surface area (Å²) in [6.45, 7) is 5.22. The first-order valence-electron chi connectivity index (χ1n) is 4.87. The quantitative estimate of drug-likeness (QED) is 0.770. The molecule has 0 aliphatic rings. The Labute approximate surface area is 85.3 Å². The van der Waals surface area contributed by atoms with Crippen molar-refractivity contribution in [3.8, 4) is 0 Å². The second kappa shape index (κ2) is 5.08. The molecule has 0 spiro atoms. The molecule has 0 saturated carbocycles. The molecule has 1 aromatic heterocycles. The molecule has 0 aliphatic heterocycles. The van der Waals surface area contributed by atoms with Gasteiger partial charge in [-0.1, -0.05) is 6.07 Å². The maximum atomic E-state index is 5.63. The van der Waals surface area contributed by atoms with E-state index in [-0.39, 0.29) is 5.60 Å². The van der Waals surface area contributed by atoms with E-state index in [1.54, 1.807) is 6.20 Å². The van der Waals surface area contributed by atoms with Gasteiger partial charge in [-0.3, -0.25) is 4.98 Å². The van der Waals surface area contributed by atoms with Crippen LogP contribution in [-0.4, -0.2) is 23.7 Å². The third-order valence-electron chi connectivity index (χ3n) is 2.10. The normalized spacial score (nSPS) is 11.6. The Morgan fingerprint density at radius 1 is 1.50 bits per heavy atom. The van der Waals surface area contributed by atoms with Gasteiger partial charge in [-0.2, -0.15) is 0 Å². The van der Waals surface area contributed by atoms with Crippen LogP contribution in [0.2, 0.25) is 0 Å². The van der Waals surface area contributed by atoms with Crippen LogP contribution < -0.4 is 5.73 Å². The van der Waals surface area contributed by atoms with E-state index in [1.165, 1.54) is 5.56 Å². The maximum Gasteiger partial charge on any atom is 0.0748 e. The molecule has 0 aliphatic carbocycles. The summed E-state index contributed by atoms with van der Waals surface area (Å²) in [7, 11) is 0. The molecular weight excluding hydrogens is 176 g/mol. The fourth-order valence-corrected chi connectivity index (χ4v) is 1.05. The SMILES string of the molecule is CC(C)(CN)OCCc1cccnc1. The average molecular weight is 194 g/mol. The lowest BCUT2D eigenvalue weighted by atomic mass is 10.1. The molecule has 3 nitrogen and oxygen atoms in total.